The van der Waals surface area contributed by atoms with Crippen molar-refractivity contribution in [2.75, 3.05) is 18.9 Å². The smallest absolute Gasteiger partial charge is 0.383 e. The second-order valence-corrected chi connectivity index (χ2v) is 9.04. The molecule has 38 heavy (non-hydrogen) atoms. The van der Waals surface area contributed by atoms with E-state index in [0.717, 1.165) is 6.07 Å². The summed E-state index contributed by atoms with van der Waals surface area (Å²) in [6, 6.07) is 6.53. The van der Waals surface area contributed by atoms with E-state index in [1.165, 1.54) is 23.0 Å². The first kappa shape index (κ1) is 25.4. The third-order valence-corrected chi connectivity index (χ3v) is 6.49. The van der Waals surface area contributed by atoms with Crippen molar-refractivity contribution >= 4 is 39.4 Å². The van der Waals surface area contributed by atoms with E-state index in [0.29, 0.717) is 46.8 Å². The number of carbonyl (C=O) groups excluding carboxylic acids is 2. The molecular formula is C25H24F3N7O3. The number of rotatable bonds is 4. The molecule has 2 N–H and O–H groups in total. The number of benzene rings is 1. The van der Waals surface area contributed by atoms with Crippen molar-refractivity contribution in [3.05, 3.63) is 59.5 Å². The van der Waals surface area contributed by atoms with Crippen LogP contribution in [-0.2, 0) is 29.3 Å². The van der Waals surface area contributed by atoms with Gasteiger partial charge in [0.05, 0.1) is 53.1 Å². The summed E-state index contributed by atoms with van der Waals surface area (Å²) in [5.41, 5.74) is 6.83. The van der Waals surface area contributed by atoms with Gasteiger partial charge in [-0.2, -0.15) is 18.3 Å². The fourth-order valence-corrected chi connectivity index (χ4v) is 4.66. The van der Waals surface area contributed by atoms with Gasteiger partial charge in [-0.05, 0) is 36.8 Å². The lowest BCUT2D eigenvalue weighted by molar-refractivity contribution is -0.148. The number of fused-ring (bicyclic) bond motifs is 3. The number of nitrogen functional groups attached to an aromatic ring is 1. The molecule has 5 rings (SSSR count). The molecule has 1 fully saturated rings. The summed E-state index contributed by atoms with van der Waals surface area (Å²) in [5, 5.41) is 8.02. The number of halogens is 3. The van der Waals surface area contributed by atoms with E-state index in [4.69, 9.17) is 10.5 Å². The minimum Gasteiger partial charge on any atom is -0.383 e. The number of aromatic nitrogens is 4. The van der Waals surface area contributed by atoms with Gasteiger partial charge in [0.15, 0.2) is 0 Å². The normalized spacial score (nSPS) is 15.8. The Hall–Kier alpha value is -4.26. The number of aryl methyl sites for hydroxylation is 1. The molecule has 0 saturated carbocycles. The zero-order valence-electron chi connectivity index (χ0n) is 20.6. The summed E-state index contributed by atoms with van der Waals surface area (Å²) in [6.07, 6.45) is -1.75. The third-order valence-electron chi connectivity index (χ3n) is 6.49. The molecule has 4 heterocycles. The standard InChI is InChI=1S/C25H24F3N7O3/c1-14(36)35(18-7-8-38-13-18)34(12-17-5-4-16(10-30-17)25(26,27)28)24(37)15-3-6-21-19(9-15)22-20(23(29)32-21)11-31-33(22)2/h3-6,9-11,18H,7-8,12-13H2,1-2H3,(H2,29,32). The molecule has 1 aliphatic rings. The van der Waals surface area contributed by atoms with Crippen LogP contribution in [0.15, 0.2) is 42.7 Å². The number of carbonyl (C=O) groups is 2. The van der Waals surface area contributed by atoms with E-state index >= 15 is 0 Å². The highest BCUT2D eigenvalue weighted by molar-refractivity contribution is 6.10. The fourth-order valence-electron chi connectivity index (χ4n) is 4.66. The molecular weight excluding hydrogens is 503 g/mol. The van der Waals surface area contributed by atoms with Crippen LogP contribution >= 0.6 is 0 Å². The number of hydrogen-bond acceptors (Lipinski definition) is 7. The van der Waals surface area contributed by atoms with Crippen molar-refractivity contribution in [1.82, 2.24) is 29.8 Å². The van der Waals surface area contributed by atoms with Gasteiger partial charge in [0.25, 0.3) is 5.91 Å². The lowest BCUT2D eigenvalue weighted by Gasteiger charge is -2.37. The minimum atomic E-state index is -4.55. The molecule has 1 atom stereocenters. The number of ether oxygens (including phenoxy) is 1. The van der Waals surface area contributed by atoms with Gasteiger partial charge in [0.2, 0.25) is 5.91 Å². The Kier molecular flexibility index (Phi) is 6.39. The molecule has 1 aromatic carbocycles. The minimum absolute atomic E-state index is 0.181. The SMILES string of the molecule is CC(=O)N(C1CCOC1)N(Cc1ccc(C(F)(F)F)cn1)C(=O)c1ccc2nc(N)c3cnn(C)c3c2c1. The lowest BCUT2D eigenvalue weighted by Crippen LogP contribution is -2.54. The Labute approximate surface area is 214 Å². The summed E-state index contributed by atoms with van der Waals surface area (Å²) in [4.78, 5) is 35.1. The van der Waals surface area contributed by atoms with Crippen molar-refractivity contribution in [2.24, 2.45) is 7.05 Å². The highest BCUT2D eigenvalue weighted by Crippen LogP contribution is 2.30. The zero-order valence-corrected chi connectivity index (χ0v) is 20.6. The van der Waals surface area contributed by atoms with Crippen molar-refractivity contribution < 1.29 is 27.5 Å². The molecule has 0 radical (unpaired) electrons. The van der Waals surface area contributed by atoms with Crippen LogP contribution in [0.4, 0.5) is 19.0 Å². The molecule has 13 heteroatoms. The van der Waals surface area contributed by atoms with E-state index in [2.05, 4.69) is 15.1 Å². The molecule has 198 valence electrons. The molecule has 2 amide bonds. The monoisotopic (exact) mass is 527 g/mol. The Morgan fingerprint density at radius 2 is 1.97 bits per heavy atom. The van der Waals surface area contributed by atoms with Crippen LogP contribution in [0.25, 0.3) is 21.8 Å². The van der Waals surface area contributed by atoms with Gasteiger partial charge in [-0.3, -0.25) is 19.3 Å². The summed E-state index contributed by atoms with van der Waals surface area (Å²) in [5.74, 6) is -0.647. The van der Waals surface area contributed by atoms with Gasteiger partial charge in [-0.25, -0.2) is 15.0 Å². The topological polar surface area (TPSA) is 119 Å². The Bertz CT molecular complexity index is 1530. The molecule has 1 unspecified atom stereocenters. The summed E-state index contributed by atoms with van der Waals surface area (Å²) in [7, 11) is 1.75. The summed E-state index contributed by atoms with van der Waals surface area (Å²) < 4.78 is 46.2. The Balaban J connectivity index is 1.58. The number of anilines is 1. The first-order valence-electron chi connectivity index (χ1n) is 11.8. The van der Waals surface area contributed by atoms with Crippen LogP contribution in [0.3, 0.4) is 0 Å². The molecule has 3 aromatic heterocycles. The maximum absolute atomic E-state index is 14.0. The molecule has 1 aliphatic heterocycles. The second kappa shape index (κ2) is 9.56. The van der Waals surface area contributed by atoms with Gasteiger partial charge in [0.1, 0.15) is 5.82 Å². The number of amides is 2. The largest absolute Gasteiger partial charge is 0.417 e. The van der Waals surface area contributed by atoms with Crippen LogP contribution in [0.5, 0.6) is 0 Å². The van der Waals surface area contributed by atoms with Gasteiger partial charge in [0, 0.05) is 37.7 Å². The molecule has 0 spiro atoms. The van der Waals surface area contributed by atoms with Crippen LogP contribution in [0, 0.1) is 0 Å². The predicted molar refractivity (Wildman–Crippen MR) is 131 cm³/mol. The predicted octanol–water partition coefficient (Wildman–Crippen LogP) is 3.31. The van der Waals surface area contributed by atoms with Crippen LogP contribution in [-0.4, -0.2) is 60.8 Å². The van der Waals surface area contributed by atoms with Crippen LogP contribution in [0.1, 0.15) is 35.0 Å². The highest BCUT2D eigenvalue weighted by atomic mass is 19.4. The van der Waals surface area contributed by atoms with E-state index < -0.39 is 29.6 Å². The van der Waals surface area contributed by atoms with Crippen molar-refractivity contribution in [1.29, 1.82) is 0 Å². The maximum Gasteiger partial charge on any atom is 0.417 e. The highest BCUT2D eigenvalue weighted by Gasteiger charge is 2.35. The number of hydrogen-bond donors (Lipinski definition) is 1. The Morgan fingerprint density at radius 3 is 2.61 bits per heavy atom. The summed E-state index contributed by atoms with van der Waals surface area (Å²) in [6.45, 7) is 1.73. The first-order chi connectivity index (χ1) is 18.0. The Morgan fingerprint density at radius 1 is 1.18 bits per heavy atom. The molecule has 1 saturated heterocycles. The van der Waals surface area contributed by atoms with Crippen molar-refractivity contribution in [3.8, 4) is 0 Å². The number of pyridine rings is 2. The van der Waals surface area contributed by atoms with E-state index in [-0.39, 0.29) is 24.4 Å². The number of nitrogens with zero attached hydrogens (tertiary/aromatic N) is 6. The number of hydrazine groups is 1. The molecule has 0 aliphatic carbocycles. The first-order valence-corrected chi connectivity index (χ1v) is 11.8. The van der Waals surface area contributed by atoms with Gasteiger partial charge < -0.3 is 10.5 Å². The van der Waals surface area contributed by atoms with Gasteiger partial charge >= 0.3 is 6.18 Å². The quantitative estimate of drug-likeness (QED) is 0.405. The van der Waals surface area contributed by atoms with Crippen molar-refractivity contribution in [3.63, 3.8) is 0 Å². The average Bonchev–Trinajstić information content (AvgIpc) is 3.53. The van der Waals surface area contributed by atoms with E-state index in [1.54, 1.807) is 36.1 Å². The van der Waals surface area contributed by atoms with Crippen LogP contribution in [0.2, 0.25) is 0 Å². The lowest BCUT2D eigenvalue weighted by atomic mass is 10.1. The summed E-state index contributed by atoms with van der Waals surface area (Å²) >= 11 is 0. The maximum atomic E-state index is 14.0. The molecule has 10 nitrogen and oxygen atoms in total. The van der Waals surface area contributed by atoms with Crippen LogP contribution < -0.4 is 5.73 Å². The third kappa shape index (κ3) is 4.60. The number of alkyl halides is 3. The molecule has 0 bridgehead atoms. The van der Waals surface area contributed by atoms with E-state index in [1.807, 2.05) is 0 Å². The fraction of sp³-hybridized carbons (Fsp3) is 0.320. The zero-order chi connectivity index (χ0) is 27.2. The average molecular weight is 528 g/mol. The molecule has 4 aromatic rings. The number of nitrogens with two attached hydrogens (primary N) is 1. The van der Waals surface area contributed by atoms with Gasteiger partial charge in [-0.15, -0.1) is 0 Å². The van der Waals surface area contributed by atoms with Crippen molar-refractivity contribution in [2.45, 2.75) is 32.1 Å². The van der Waals surface area contributed by atoms with Gasteiger partial charge in [-0.1, -0.05) is 0 Å². The van der Waals surface area contributed by atoms with E-state index in [9.17, 15) is 22.8 Å². The second-order valence-electron chi connectivity index (χ2n) is 9.04.